The zero-order chi connectivity index (χ0) is 19.4. The smallest absolute Gasteiger partial charge is 0.342 e. The van der Waals surface area contributed by atoms with Gasteiger partial charge in [0.2, 0.25) is 5.71 Å². The van der Waals surface area contributed by atoms with Crippen molar-refractivity contribution in [1.29, 1.82) is 0 Å². The van der Waals surface area contributed by atoms with Gasteiger partial charge in [0, 0.05) is 19.6 Å². The molecule has 7 heteroatoms. The van der Waals surface area contributed by atoms with Gasteiger partial charge in [0.05, 0.1) is 12.0 Å². The van der Waals surface area contributed by atoms with E-state index in [1.54, 1.807) is 13.8 Å². The molecule has 148 valence electrons. The number of nitrogens with one attached hydrogen (secondary N) is 1. The van der Waals surface area contributed by atoms with Crippen molar-refractivity contribution in [3.63, 3.8) is 0 Å². The van der Waals surface area contributed by atoms with Crippen molar-refractivity contribution in [2.75, 3.05) is 38.1 Å². The minimum atomic E-state index is -0.400. The number of aryl methyl sites for hydroxylation is 1. The van der Waals surface area contributed by atoms with Crippen LogP contribution in [0.5, 0.6) is 0 Å². The van der Waals surface area contributed by atoms with E-state index >= 15 is 0 Å². The molecule has 0 radical (unpaired) electrons. The number of carbonyl (C=O) groups excluding carboxylic acids is 1. The second-order valence-electron chi connectivity index (χ2n) is 7.64. The van der Waals surface area contributed by atoms with E-state index in [2.05, 4.69) is 34.0 Å². The zero-order valence-electron chi connectivity index (χ0n) is 16.7. The molecule has 3 rings (SSSR count). The van der Waals surface area contributed by atoms with E-state index in [1.165, 1.54) is 25.8 Å². The van der Waals surface area contributed by atoms with Crippen LogP contribution in [0.4, 0.5) is 5.82 Å². The number of carbonyl (C=O) groups is 1. The van der Waals surface area contributed by atoms with Crippen LogP contribution < -0.4 is 5.32 Å². The average molecular weight is 374 g/mol. The highest BCUT2D eigenvalue weighted by molar-refractivity contribution is 6.07. The maximum Gasteiger partial charge on any atom is 0.342 e. The first-order valence-corrected chi connectivity index (χ1v) is 9.87. The van der Waals surface area contributed by atoms with Crippen LogP contribution in [0.3, 0.4) is 0 Å². The summed E-state index contributed by atoms with van der Waals surface area (Å²) >= 11 is 0. The van der Waals surface area contributed by atoms with Crippen LogP contribution in [0.15, 0.2) is 10.7 Å². The van der Waals surface area contributed by atoms with Crippen molar-refractivity contribution in [2.24, 2.45) is 11.8 Å². The second-order valence-corrected chi connectivity index (χ2v) is 7.64. The maximum atomic E-state index is 12.3. The molecule has 1 aliphatic heterocycles. The van der Waals surface area contributed by atoms with E-state index in [0.717, 1.165) is 31.3 Å². The standard InChI is InChI=1S/C20H30N4O3/c1-5-26-20(25)16-15(4)27-19-17(16)18(22-12-23-19)21-7-6-8-24-10-13(2)9-14(3)11-24/h12-14H,5-11H2,1-4H3,(H,21,22,23)/t13-,14-/m0/s1. The van der Waals surface area contributed by atoms with E-state index in [4.69, 9.17) is 9.15 Å². The Hall–Kier alpha value is -2.15. The quantitative estimate of drug-likeness (QED) is 0.587. The van der Waals surface area contributed by atoms with Crippen LogP contribution in [-0.2, 0) is 4.74 Å². The first kappa shape index (κ1) is 19.6. The second kappa shape index (κ2) is 8.69. The highest BCUT2D eigenvalue weighted by Gasteiger charge is 2.24. The van der Waals surface area contributed by atoms with Crippen molar-refractivity contribution in [3.8, 4) is 0 Å². The Kier molecular flexibility index (Phi) is 6.31. The lowest BCUT2D eigenvalue weighted by molar-refractivity contribution is 0.0526. The third kappa shape index (κ3) is 4.58. The third-order valence-corrected chi connectivity index (χ3v) is 5.03. The number of anilines is 1. The molecule has 2 atom stereocenters. The minimum Gasteiger partial charge on any atom is -0.462 e. The van der Waals surface area contributed by atoms with Gasteiger partial charge in [-0.25, -0.2) is 14.8 Å². The number of likely N-dealkylation sites (tertiary alicyclic amines) is 1. The molecule has 7 nitrogen and oxygen atoms in total. The number of ether oxygens (including phenoxy) is 1. The lowest BCUT2D eigenvalue weighted by Gasteiger charge is -2.34. The van der Waals surface area contributed by atoms with E-state index in [-0.39, 0.29) is 0 Å². The number of hydrogen-bond donors (Lipinski definition) is 1. The predicted molar refractivity (Wildman–Crippen MR) is 105 cm³/mol. The summed E-state index contributed by atoms with van der Waals surface area (Å²) in [6, 6.07) is 0. The lowest BCUT2D eigenvalue weighted by atomic mass is 9.92. The van der Waals surface area contributed by atoms with Crippen LogP contribution in [0.1, 0.15) is 49.7 Å². The molecule has 0 spiro atoms. The number of nitrogens with zero attached hydrogens (tertiary/aromatic N) is 3. The summed E-state index contributed by atoms with van der Waals surface area (Å²) in [5.74, 6) is 2.26. The molecule has 0 unspecified atom stereocenters. The molecule has 0 bridgehead atoms. The van der Waals surface area contributed by atoms with Gasteiger partial charge in [0.25, 0.3) is 0 Å². The fraction of sp³-hybridized carbons (Fsp3) is 0.650. The van der Waals surface area contributed by atoms with E-state index < -0.39 is 5.97 Å². The molecular weight excluding hydrogens is 344 g/mol. The molecule has 1 fully saturated rings. The van der Waals surface area contributed by atoms with Gasteiger partial charge in [0.1, 0.15) is 23.5 Å². The van der Waals surface area contributed by atoms with Gasteiger partial charge in [-0.15, -0.1) is 0 Å². The van der Waals surface area contributed by atoms with Crippen molar-refractivity contribution in [3.05, 3.63) is 17.7 Å². The summed E-state index contributed by atoms with van der Waals surface area (Å²) < 4.78 is 10.8. The average Bonchev–Trinajstić information content (AvgIpc) is 2.94. The minimum absolute atomic E-state index is 0.314. The Balaban J connectivity index is 1.65. The van der Waals surface area contributed by atoms with Crippen molar-refractivity contribution in [1.82, 2.24) is 14.9 Å². The highest BCUT2D eigenvalue weighted by atomic mass is 16.5. The van der Waals surface area contributed by atoms with Gasteiger partial charge in [0.15, 0.2) is 0 Å². The van der Waals surface area contributed by atoms with Gasteiger partial charge < -0.3 is 19.4 Å². The van der Waals surface area contributed by atoms with Gasteiger partial charge >= 0.3 is 5.97 Å². The van der Waals surface area contributed by atoms with Crippen LogP contribution in [0.2, 0.25) is 0 Å². The predicted octanol–water partition coefficient (Wildman–Crippen LogP) is 3.49. The summed E-state index contributed by atoms with van der Waals surface area (Å²) in [5, 5.41) is 3.96. The van der Waals surface area contributed by atoms with E-state index in [1.807, 2.05) is 0 Å². The number of piperidine rings is 1. The molecule has 2 aromatic heterocycles. The number of rotatable bonds is 7. The van der Waals surface area contributed by atoms with Crippen LogP contribution >= 0.6 is 0 Å². The molecule has 27 heavy (non-hydrogen) atoms. The SMILES string of the molecule is CCOC(=O)c1c(C)oc2ncnc(NCCCN3C[C@@H](C)C[C@H](C)C3)c12. The Morgan fingerprint density at radius 2 is 2.07 bits per heavy atom. The first-order chi connectivity index (χ1) is 13.0. The van der Waals surface area contributed by atoms with Gasteiger partial charge in [-0.1, -0.05) is 13.8 Å². The van der Waals surface area contributed by atoms with Gasteiger partial charge in [-0.2, -0.15) is 0 Å². The normalized spacial score (nSPS) is 20.7. The van der Waals surface area contributed by atoms with E-state index in [0.29, 0.717) is 34.8 Å². The Morgan fingerprint density at radius 3 is 2.78 bits per heavy atom. The zero-order valence-corrected chi connectivity index (χ0v) is 16.7. The number of hydrogen-bond acceptors (Lipinski definition) is 7. The summed E-state index contributed by atoms with van der Waals surface area (Å²) in [6.07, 6.45) is 3.79. The monoisotopic (exact) mass is 374 g/mol. The van der Waals surface area contributed by atoms with Gasteiger partial charge in [-0.05, 0) is 45.1 Å². The number of aromatic nitrogens is 2. The molecular formula is C20H30N4O3. The summed E-state index contributed by atoms with van der Waals surface area (Å²) in [5.41, 5.74) is 0.820. The molecule has 1 N–H and O–H groups in total. The molecule has 0 amide bonds. The Bertz CT molecular complexity index is 779. The summed E-state index contributed by atoms with van der Waals surface area (Å²) in [6.45, 7) is 12.7. The third-order valence-electron chi connectivity index (χ3n) is 5.03. The number of esters is 1. The number of furan rings is 1. The summed E-state index contributed by atoms with van der Waals surface area (Å²) in [4.78, 5) is 23.3. The molecule has 0 aromatic carbocycles. The molecule has 1 aliphatic rings. The first-order valence-electron chi connectivity index (χ1n) is 9.87. The van der Waals surface area contributed by atoms with Gasteiger partial charge in [-0.3, -0.25) is 0 Å². The number of fused-ring (bicyclic) bond motifs is 1. The molecule has 2 aromatic rings. The topological polar surface area (TPSA) is 80.5 Å². The van der Waals surface area contributed by atoms with Crippen molar-refractivity contribution >= 4 is 22.9 Å². The van der Waals surface area contributed by atoms with E-state index in [9.17, 15) is 4.79 Å². The molecule has 1 saturated heterocycles. The van der Waals surface area contributed by atoms with Crippen LogP contribution in [-0.4, -0.2) is 53.6 Å². The largest absolute Gasteiger partial charge is 0.462 e. The fourth-order valence-corrected chi connectivity index (χ4v) is 4.11. The van der Waals surface area contributed by atoms with Crippen LogP contribution in [0.25, 0.3) is 11.1 Å². The summed E-state index contributed by atoms with van der Waals surface area (Å²) in [7, 11) is 0. The molecule has 0 saturated carbocycles. The van der Waals surface area contributed by atoms with Crippen molar-refractivity contribution in [2.45, 2.75) is 40.5 Å². The highest BCUT2D eigenvalue weighted by Crippen LogP contribution is 2.29. The fourth-order valence-electron chi connectivity index (χ4n) is 4.11. The maximum absolute atomic E-state index is 12.3. The van der Waals surface area contributed by atoms with Crippen LogP contribution in [0, 0.1) is 18.8 Å². The Morgan fingerprint density at radius 1 is 1.33 bits per heavy atom. The molecule has 0 aliphatic carbocycles. The van der Waals surface area contributed by atoms with Crippen molar-refractivity contribution < 1.29 is 13.9 Å². The molecule has 3 heterocycles. The Labute approximate surface area is 160 Å². The lowest BCUT2D eigenvalue weighted by Crippen LogP contribution is -2.39.